The Kier molecular flexibility index (Phi) is 3.99. The fraction of sp³-hybridized carbons (Fsp3) is 0.600. The van der Waals surface area contributed by atoms with Gasteiger partial charge in [0, 0.05) is 11.8 Å². The molecule has 1 saturated carbocycles. The first kappa shape index (κ1) is 14.1. The van der Waals surface area contributed by atoms with Gasteiger partial charge in [-0.2, -0.15) is 0 Å². The Morgan fingerprint density at radius 3 is 2.53 bits per heavy atom. The highest BCUT2D eigenvalue weighted by Crippen LogP contribution is 2.37. The highest BCUT2D eigenvalue weighted by molar-refractivity contribution is 6.03. The van der Waals surface area contributed by atoms with Crippen LogP contribution >= 0.6 is 0 Å². The number of carbonyl (C=O) groups excluding carboxylic acids is 1. The number of pyridine rings is 1. The van der Waals surface area contributed by atoms with Crippen LogP contribution in [0.5, 0.6) is 0 Å². The maximum atomic E-state index is 13.3. The Bertz CT molecular complexity index is 465. The van der Waals surface area contributed by atoms with E-state index in [2.05, 4.69) is 11.9 Å². The van der Waals surface area contributed by atoms with E-state index in [1.54, 1.807) is 0 Å². The SMILES string of the molecule is CC1CCC(C(=O)c2cncc(F)c2)(N(C)C)CC1. The molecule has 0 N–H and O–H groups in total. The summed E-state index contributed by atoms with van der Waals surface area (Å²) in [4.78, 5) is 18.6. The van der Waals surface area contributed by atoms with Crippen LogP contribution in [0.25, 0.3) is 0 Å². The quantitative estimate of drug-likeness (QED) is 0.787. The lowest BCUT2D eigenvalue weighted by atomic mass is 9.72. The molecule has 2 rings (SSSR count). The summed E-state index contributed by atoms with van der Waals surface area (Å²) in [6, 6.07) is 1.29. The minimum absolute atomic E-state index is 0.00333. The minimum Gasteiger partial charge on any atom is -0.297 e. The van der Waals surface area contributed by atoms with Crippen LogP contribution in [-0.4, -0.2) is 35.3 Å². The Morgan fingerprint density at radius 1 is 1.37 bits per heavy atom. The van der Waals surface area contributed by atoms with E-state index in [1.165, 1.54) is 12.3 Å². The summed E-state index contributed by atoms with van der Waals surface area (Å²) in [5.74, 6) is 0.201. The first-order chi connectivity index (χ1) is 8.95. The van der Waals surface area contributed by atoms with Crippen molar-refractivity contribution in [1.82, 2.24) is 9.88 Å². The lowest BCUT2D eigenvalue weighted by Gasteiger charge is -2.43. The molecular formula is C15H21FN2O. The molecule has 1 aliphatic carbocycles. The van der Waals surface area contributed by atoms with Gasteiger partial charge in [0.25, 0.3) is 0 Å². The third-order valence-electron chi connectivity index (χ3n) is 4.35. The number of Topliss-reactive ketones (excluding diaryl/α,β-unsaturated/α-hetero) is 1. The van der Waals surface area contributed by atoms with Gasteiger partial charge < -0.3 is 0 Å². The molecule has 1 fully saturated rings. The number of likely N-dealkylation sites (N-methyl/N-ethyl adjacent to an activating group) is 1. The molecule has 0 atom stereocenters. The van der Waals surface area contributed by atoms with Crippen LogP contribution in [0.15, 0.2) is 18.5 Å². The molecular weight excluding hydrogens is 243 g/mol. The Balaban J connectivity index is 2.32. The molecule has 0 spiro atoms. The summed E-state index contributed by atoms with van der Waals surface area (Å²) in [5, 5.41) is 0. The first-order valence-electron chi connectivity index (χ1n) is 6.78. The molecule has 4 heteroatoms. The fourth-order valence-corrected chi connectivity index (χ4v) is 2.92. The van der Waals surface area contributed by atoms with Crippen molar-refractivity contribution >= 4 is 5.78 Å². The van der Waals surface area contributed by atoms with Crippen molar-refractivity contribution in [2.45, 2.75) is 38.1 Å². The molecule has 0 aromatic carbocycles. The third-order valence-corrected chi connectivity index (χ3v) is 4.35. The van der Waals surface area contributed by atoms with E-state index in [0.717, 1.165) is 31.9 Å². The second-order valence-electron chi connectivity index (χ2n) is 5.83. The zero-order valence-corrected chi connectivity index (χ0v) is 11.8. The second kappa shape index (κ2) is 5.37. The van der Waals surface area contributed by atoms with E-state index in [0.29, 0.717) is 11.5 Å². The van der Waals surface area contributed by atoms with Gasteiger partial charge >= 0.3 is 0 Å². The van der Waals surface area contributed by atoms with Crippen LogP contribution in [0.3, 0.4) is 0 Å². The summed E-state index contributed by atoms with van der Waals surface area (Å²) in [6.45, 7) is 2.22. The van der Waals surface area contributed by atoms with Crippen molar-refractivity contribution < 1.29 is 9.18 Å². The van der Waals surface area contributed by atoms with Crippen LogP contribution in [0.4, 0.5) is 4.39 Å². The molecule has 3 nitrogen and oxygen atoms in total. The third kappa shape index (κ3) is 2.68. The van der Waals surface area contributed by atoms with E-state index in [9.17, 15) is 9.18 Å². The molecule has 1 heterocycles. The van der Waals surface area contributed by atoms with Crippen LogP contribution < -0.4 is 0 Å². The predicted octanol–water partition coefficient (Wildman–Crippen LogP) is 2.91. The molecule has 0 unspecified atom stereocenters. The van der Waals surface area contributed by atoms with E-state index >= 15 is 0 Å². The second-order valence-corrected chi connectivity index (χ2v) is 5.83. The van der Waals surface area contributed by atoms with Gasteiger partial charge in [-0.3, -0.25) is 14.7 Å². The lowest BCUT2D eigenvalue weighted by Crippen LogP contribution is -2.53. The van der Waals surface area contributed by atoms with Crippen LogP contribution in [0.1, 0.15) is 43.0 Å². The predicted molar refractivity (Wildman–Crippen MR) is 72.6 cm³/mol. The Hall–Kier alpha value is -1.29. The van der Waals surface area contributed by atoms with Gasteiger partial charge in [0.05, 0.1) is 11.7 Å². The number of ketones is 1. The molecule has 1 aromatic rings. The van der Waals surface area contributed by atoms with Crippen LogP contribution in [0.2, 0.25) is 0 Å². The van der Waals surface area contributed by atoms with E-state index in [-0.39, 0.29) is 5.78 Å². The van der Waals surface area contributed by atoms with Gasteiger partial charge in [-0.1, -0.05) is 6.92 Å². The average Bonchev–Trinajstić information content (AvgIpc) is 2.39. The molecule has 0 aliphatic heterocycles. The van der Waals surface area contributed by atoms with E-state index < -0.39 is 11.4 Å². The highest BCUT2D eigenvalue weighted by atomic mass is 19.1. The number of hydrogen-bond acceptors (Lipinski definition) is 3. The number of nitrogens with zero attached hydrogens (tertiary/aromatic N) is 2. The van der Waals surface area contributed by atoms with Crippen LogP contribution in [0, 0.1) is 11.7 Å². The summed E-state index contributed by atoms with van der Waals surface area (Å²) in [7, 11) is 3.86. The van der Waals surface area contributed by atoms with Crippen molar-refractivity contribution in [1.29, 1.82) is 0 Å². The summed E-state index contributed by atoms with van der Waals surface area (Å²) in [6.07, 6.45) is 6.32. The lowest BCUT2D eigenvalue weighted by molar-refractivity contribution is 0.0512. The molecule has 19 heavy (non-hydrogen) atoms. The van der Waals surface area contributed by atoms with Crippen molar-refractivity contribution in [3.63, 3.8) is 0 Å². The van der Waals surface area contributed by atoms with Gasteiger partial charge in [0.2, 0.25) is 0 Å². The van der Waals surface area contributed by atoms with Crippen molar-refractivity contribution in [2.24, 2.45) is 5.92 Å². The molecule has 104 valence electrons. The van der Waals surface area contributed by atoms with Crippen molar-refractivity contribution in [3.05, 3.63) is 29.8 Å². The first-order valence-corrected chi connectivity index (χ1v) is 6.78. The number of carbonyl (C=O) groups is 1. The largest absolute Gasteiger partial charge is 0.297 e. The molecule has 0 saturated heterocycles. The van der Waals surface area contributed by atoms with Gasteiger partial charge in [0.15, 0.2) is 5.78 Å². The zero-order chi connectivity index (χ0) is 14.0. The summed E-state index contributed by atoms with van der Waals surface area (Å²) < 4.78 is 13.3. The smallest absolute Gasteiger partial charge is 0.184 e. The number of aromatic nitrogens is 1. The summed E-state index contributed by atoms with van der Waals surface area (Å²) >= 11 is 0. The fourth-order valence-electron chi connectivity index (χ4n) is 2.92. The van der Waals surface area contributed by atoms with Crippen molar-refractivity contribution in [2.75, 3.05) is 14.1 Å². The van der Waals surface area contributed by atoms with Crippen LogP contribution in [-0.2, 0) is 0 Å². The molecule has 0 amide bonds. The van der Waals surface area contributed by atoms with Crippen molar-refractivity contribution in [3.8, 4) is 0 Å². The maximum absolute atomic E-state index is 13.3. The van der Waals surface area contributed by atoms with Gasteiger partial charge in [-0.05, 0) is 51.8 Å². The molecule has 0 radical (unpaired) electrons. The monoisotopic (exact) mass is 264 g/mol. The van der Waals surface area contributed by atoms with Gasteiger partial charge in [-0.25, -0.2) is 4.39 Å². The minimum atomic E-state index is -0.498. The molecule has 1 aliphatic rings. The maximum Gasteiger partial charge on any atom is 0.184 e. The van der Waals surface area contributed by atoms with Gasteiger partial charge in [0.1, 0.15) is 5.82 Å². The number of halogens is 1. The van der Waals surface area contributed by atoms with E-state index in [4.69, 9.17) is 0 Å². The Labute approximate surface area is 113 Å². The highest BCUT2D eigenvalue weighted by Gasteiger charge is 2.43. The average molecular weight is 264 g/mol. The zero-order valence-electron chi connectivity index (χ0n) is 11.8. The standard InChI is InChI=1S/C15H21FN2O/c1-11-4-6-15(7-5-11,18(2)3)14(19)12-8-13(16)10-17-9-12/h8-11H,4-7H2,1-3H3. The Morgan fingerprint density at radius 2 is 2.00 bits per heavy atom. The topological polar surface area (TPSA) is 33.2 Å². The molecule has 1 aromatic heterocycles. The molecule has 0 bridgehead atoms. The normalized spacial score (nSPS) is 27.5. The van der Waals surface area contributed by atoms with E-state index in [1.807, 2.05) is 19.0 Å². The summed E-state index contributed by atoms with van der Waals surface area (Å²) in [5.41, 5.74) is -0.120. The number of rotatable bonds is 3. The van der Waals surface area contributed by atoms with Gasteiger partial charge in [-0.15, -0.1) is 0 Å². The number of hydrogen-bond donors (Lipinski definition) is 0.